The molecular weight excluding hydrogens is 400 g/mol. The van der Waals surface area contributed by atoms with Gasteiger partial charge in [-0.2, -0.15) is 0 Å². The molecule has 0 radical (unpaired) electrons. The van der Waals surface area contributed by atoms with Crippen molar-refractivity contribution in [3.8, 4) is 22.6 Å². The van der Waals surface area contributed by atoms with Crippen LogP contribution in [0.25, 0.3) is 22.2 Å². The Balaban J connectivity index is 1.53. The van der Waals surface area contributed by atoms with Gasteiger partial charge < -0.3 is 20.8 Å². The quantitative estimate of drug-likeness (QED) is 0.392. The molecule has 8 heteroatoms. The van der Waals surface area contributed by atoms with Gasteiger partial charge in [0.2, 0.25) is 0 Å². The highest BCUT2D eigenvalue weighted by Gasteiger charge is 2.21. The van der Waals surface area contributed by atoms with Gasteiger partial charge in [-0.1, -0.05) is 0 Å². The molecule has 1 aromatic carbocycles. The highest BCUT2D eigenvalue weighted by Crippen LogP contribution is 2.38. The molecule has 1 aliphatic rings. The first-order chi connectivity index (χ1) is 15.1. The Morgan fingerprint density at radius 2 is 1.87 bits per heavy atom. The molecule has 0 aliphatic heterocycles. The molecule has 0 saturated heterocycles. The van der Waals surface area contributed by atoms with Crippen molar-refractivity contribution in [1.82, 2.24) is 15.0 Å². The van der Waals surface area contributed by atoms with Crippen molar-refractivity contribution in [2.75, 3.05) is 11.9 Å². The highest BCUT2D eigenvalue weighted by molar-refractivity contribution is 5.98. The molecule has 1 fully saturated rings. The predicted octanol–water partition coefficient (Wildman–Crippen LogP) is 4.98. The smallest absolute Gasteiger partial charge is 0.198 e. The van der Waals surface area contributed by atoms with Gasteiger partial charge in [-0.3, -0.25) is 0 Å². The number of hydrogen-bond acceptors (Lipinski definition) is 5. The van der Waals surface area contributed by atoms with Crippen LogP contribution >= 0.6 is 0 Å². The molecule has 5 rings (SSSR count). The summed E-state index contributed by atoms with van der Waals surface area (Å²) in [5.74, 6) is -0.295. The number of aromatic amines is 1. The van der Waals surface area contributed by atoms with Gasteiger partial charge in [0.25, 0.3) is 0 Å². The molecule has 0 unspecified atom stereocenters. The van der Waals surface area contributed by atoms with Gasteiger partial charge in [0.1, 0.15) is 17.2 Å². The topological polar surface area (TPSA) is 88.8 Å². The van der Waals surface area contributed by atoms with Crippen LogP contribution in [0.4, 0.5) is 14.6 Å². The lowest BCUT2D eigenvalue weighted by atomic mass is 10.1. The number of aromatic nitrogens is 3. The van der Waals surface area contributed by atoms with Crippen molar-refractivity contribution in [2.45, 2.75) is 19.4 Å². The zero-order valence-electron chi connectivity index (χ0n) is 16.7. The van der Waals surface area contributed by atoms with E-state index >= 15 is 0 Å². The predicted molar refractivity (Wildman–Crippen MR) is 115 cm³/mol. The number of hydrogen-bond donors (Lipinski definition) is 3. The van der Waals surface area contributed by atoms with Gasteiger partial charge in [-0.05, 0) is 60.2 Å². The molecule has 3 heterocycles. The van der Waals surface area contributed by atoms with E-state index in [-0.39, 0.29) is 6.54 Å². The molecule has 4 aromatic rings. The normalized spacial score (nSPS) is 13.5. The summed E-state index contributed by atoms with van der Waals surface area (Å²) < 4.78 is 34.7. The minimum absolute atomic E-state index is 0.0364. The molecule has 0 bridgehead atoms. The number of halogens is 2. The van der Waals surface area contributed by atoms with Crippen molar-refractivity contribution in [3.63, 3.8) is 0 Å². The lowest BCUT2D eigenvalue weighted by Crippen LogP contribution is -2.04. The minimum Gasteiger partial charge on any atom is -0.450 e. The van der Waals surface area contributed by atoms with Gasteiger partial charge in [-0.15, -0.1) is 0 Å². The van der Waals surface area contributed by atoms with Gasteiger partial charge >= 0.3 is 0 Å². The number of nitrogens with zero attached hydrogens (tertiary/aromatic N) is 2. The van der Waals surface area contributed by atoms with Crippen LogP contribution in [-0.4, -0.2) is 21.5 Å². The van der Waals surface area contributed by atoms with E-state index in [0.29, 0.717) is 22.3 Å². The van der Waals surface area contributed by atoms with E-state index in [1.54, 1.807) is 18.5 Å². The fraction of sp³-hybridized carbons (Fsp3) is 0.217. The van der Waals surface area contributed by atoms with E-state index in [1.165, 1.54) is 31.2 Å². The van der Waals surface area contributed by atoms with Gasteiger partial charge in [0.05, 0.1) is 5.39 Å². The van der Waals surface area contributed by atoms with Crippen molar-refractivity contribution in [2.24, 2.45) is 11.7 Å². The second kappa shape index (κ2) is 7.96. The third-order valence-corrected chi connectivity index (χ3v) is 5.38. The highest BCUT2D eigenvalue weighted by atomic mass is 19.1. The molecule has 158 valence electrons. The Kier molecular flexibility index (Phi) is 4.99. The fourth-order valence-corrected chi connectivity index (χ4v) is 3.54. The fourth-order valence-electron chi connectivity index (χ4n) is 3.54. The molecule has 4 N–H and O–H groups in total. The maximum Gasteiger partial charge on any atom is 0.198 e. The number of fused-ring (bicyclic) bond motifs is 1. The average Bonchev–Trinajstić information content (AvgIpc) is 3.51. The summed E-state index contributed by atoms with van der Waals surface area (Å²) in [6.45, 7) is 0.937. The van der Waals surface area contributed by atoms with Crippen LogP contribution < -0.4 is 15.8 Å². The second-order valence-corrected chi connectivity index (χ2v) is 7.68. The summed E-state index contributed by atoms with van der Waals surface area (Å²) in [5.41, 5.74) is 8.08. The van der Waals surface area contributed by atoms with Gasteiger partial charge in [0, 0.05) is 37.2 Å². The Hall–Kier alpha value is -3.52. The summed E-state index contributed by atoms with van der Waals surface area (Å²) in [4.78, 5) is 11.8. The maximum atomic E-state index is 14.5. The Morgan fingerprint density at radius 1 is 1.10 bits per heavy atom. The second-order valence-electron chi connectivity index (χ2n) is 7.68. The molecule has 0 atom stereocenters. The number of rotatable bonds is 7. The lowest BCUT2D eigenvalue weighted by Gasteiger charge is -2.12. The number of ether oxygens (including phenoxy) is 1. The Morgan fingerprint density at radius 3 is 2.61 bits per heavy atom. The first kappa shape index (κ1) is 19.4. The summed E-state index contributed by atoms with van der Waals surface area (Å²) in [6.07, 6.45) is 7.55. The van der Waals surface area contributed by atoms with Crippen LogP contribution in [0.1, 0.15) is 18.4 Å². The van der Waals surface area contributed by atoms with E-state index in [0.717, 1.165) is 29.4 Å². The summed E-state index contributed by atoms with van der Waals surface area (Å²) in [5, 5.41) is 3.99. The monoisotopic (exact) mass is 421 g/mol. The van der Waals surface area contributed by atoms with E-state index < -0.39 is 17.4 Å². The summed E-state index contributed by atoms with van der Waals surface area (Å²) >= 11 is 0. The molecule has 1 saturated carbocycles. The zero-order chi connectivity index (χ0) is 21.4. The van der Waals surface area contributed by atoms with Crippen molar-refractivity contribution in [3.05, 3.63) is 66.1 Å². The first-order valence-corrected chi connectivity index (χ1v) is 10.1. The maximum absolute atomic E-state index is 14.5. The Labute approximate surface area is 177 Å². The third kappa shape index (κ3) is 3.94. The van der Waals surface area contributed by atoms with E-state index in [9.17, 15) is 8.78 Å². The number of nitrogens with one attached hydrogen (secondary N) is 2. The summed E-state index contributed by atoms with van der Waals surface area (Å²) in [7, 11) is 0. The van der Waals surface area contributed by atoms with Gasteiger partial charge in [0.15, 0.2) is 17.4 Å². The molecule has 31 heavy (non-hydrogen) atoms. The van der Waals surface area contributed by atoms with Crippen LogP contribution in [0.5, 0.6) is 11.5 Å². The molecule has 0 amide bonds. The van der Waals surface area contributed by atoms with E-state index in [1.807, 2.05) is 12.1 Å². The largest absolute Gasteiger partial charge is 0.450 e. The summed E-state index contributed by atoms with van der Waals surface area (Å²) in [6, 6.07) is 7.76. The minimum atomic E-state index is -0.807. The average molecular weight is 421 g/mol. The van der Waals surface area contributed by atoms with Crippen molar-refractivity contribution < 1.29 is 13.5 Å². The number of anilines is 1. The van der Waals surface area contributed by atoms with Crippen molar-refractivity contribution in [1.29, 1.82) is 0 Å². The third-order valence-electron chi connectivity index (χ3n) is 5.38. The number of nitrogens with two attached hydrogens (primary N) is 1. The molecular formula is C23H21F2N5O. The van der Waals surface area contributed by atoms with Crippen LogP contribution in [0.2, 0.25) is 0 Å². The van der Waals surface area contributed by atoms with Crippen LogP contribution in [0, 0.1) is 17.6 Å². The zero-order valence-corrected chi connectivity index (χ0v) is 16.7. The van der Waals surface area contributed by atoms with E-state index in [2.05, 4.69) is 20.3 Å². The molecule has 1 aliphatic carbocycles. The van der Waals surface area contributed by atoms with Crippen LogP contribution in [0.15, 0.2) is 48.9 Å². The first-order valence-electron chi connectivity index (χ1n) is 10.1. The van der Waals surface area contributed by atoms with E-state index in [4.69, 9.17) is 10.5 Å². The standard InChI is InChI=1S/C23H21F2N5O/c24-17-7-14(10-26)8-18(25)22(17)31-19-4-6-28-23-21(19)16(12-30-23)15-3-5-27-20(9-15)29-11-13-1-2-13/h3-9,12-13H,1-2,10-11,26H2,(H,27,29)(H,28,30). The number of benzene rings is 1. The van der Waals surface area contributed by atoms with Crippen molar-refractivity contribution >= 4 is 16.9 Å². The number of pyridine rings is 2. The Bertz CT molecular complexity index is 1230. The van der Waals surface area contributed by atoms with Crippen LogP contribution in [-0.2, 0) is 6.54 Å². The molecule has 3 aromatic heterocycles. The SMILES string of the molecule is NCc1cc(F)c(Oc2ccnc3[nH]cc(-c4ccnc(NCC5CC5)c4)c23)c(F)c1. The van der Waals surface area contributed by atoms with Crippen LogP contribution in [0.3, 0.4) is 0 Å². The molecule has 0 spiro atoms. The number of H-pyrrole nitrogens is 1. The van der Waals surface area contributed by atoms with Gasteiger partial charge in [-0.25, -0.2) is 18.7 Å². The molecule has 6 nitrogen and oxygen atoms in total. The lowest BCUT2D eigenvalue weighted by molar-refractivity contribution is 0.409.